The van der Waals surface area contributed by atoms with E-state index >= 15 is 0 Å². The lowest BCUT2D eigenvalue weighted by Crippen LogP contribution is -2.27. The maximum Gasteiger partial charge on any atom is 0.120 e. The molecule has 4 heteroatoms. The Morgan fingerprint density at radius 2 is 2.23 bits per heavy atom. The number of aromatic nitrogens is 2. The van der Waals surface area contributed by atoms with Crippen molar-refractivity contribution in [2.75, 3.05) is 6.61 Å². The highest BCUT2D eigenvalue weighted by Gasteiger charge is 2.05. The highest BCUT2D eigenvalue weighted by molar-refractivity contribution is 5.28. The molecule has 116 valence electrons. The van der Waals surface area contributed by atoms with Gasteiger partial charge in [0.15, 0.2) is 0 Å². The van der Waals surface area contributed by atoms with Gasteiger partial charge in [0.1, 0.15) is 12.4 Å². The number of rotatable bonds is 8. The molecule has 0 saturated heterocycles. The Hall–Kier alpha value is -2.20. The van der Waals surface area contributed by atoms with E-state index in [2.05, 4.69) is 40.9 Å². The number of nitrogens with zero attached hydrogens (tertiary/aromatic N) is 2. The quantitative estimate of drug-likeness (QED) is 0.760. The van der Waals surface area contributed by atoms with Crippen molar-refractivity contribution in [3.05, 3.63) is 66.3 Å². The molecule has 0 radical (unpaired) electrons. The van der Waals surface area contributed by atoms with Gasteiger partial charge in [0.2, 0.25) is 0 Å². The van der Waals surface area contributed by atoms with Crippen LogP contribution < -0.4 is 10.1 Å². The summed E-state index contributed by atoms with van der Waals surface area (Å²) >= 11 is 0. The van der Waals surface area contributed by atoms with Gasteiger partial charge >= 0.3 is 0 Å². The van der Waals surface area contributed by atoms with E-state index in [1.54, 1.807) is 12.4 Å². The van der Waals surface area contributed by atoms with Crippen molar-refractivity contribution < 1.29 is 4.74 Å². The first kappa shape index (κ1) is 16.2. The minimum absolute atomic E-state index is 0.330. The second-order valence-electron chi connectivity index (χ2n) is 5.58. The SMILES string of the molecule is C=C(C)COc1cccc(CNC(C)Cc2cnccn2)c1. The fourth-order valence-electron chi connectivity index (χ4n) is 2.07. The van der Waals surface area contributed by atoms with Gasteiger partial charge in [0.25, 0.3) is 0 Å². The third-order valence-electron chi connectivity index (χ3n) is 3.17. The summed E-state index contributed by atoms with van der Waals surface area (Å²) < 4.78 is 5.66. The van der Waals surface area contributed by atoms with Gasteiger partial charge in [-0.2, -0.15) is 0 Å². The Kier molecular flexibility index (Phi) is 6.10. The molecule has 22 heavy (non-hydrogen) atoms. The van der Waals surface area contributed by atoms with Gasteiger partial charge in [-0.05, 0) is 37.1 Å². The molecule has 1 aromatic heterocycles. The smallest absolute Gasteiger partial charge is 0.120 e. The van der Waals surface area contributed by atoms with Gasteiger partial charge in [-0.15, -0.1) is 0 Å². The van der Waals surface area contributed by atoms with Gasteiger partial charge in [0, 0.05) is 37.6 Å². The second kappa shape index (κ2) is 8.29. The average Bonchev–Trinajstić information content (AvgIpc) is 2.52. The van der Waals surface area contributed by atoms with Crippen LogP contribution in [0.4, 0.5) is 0 Å². The number of hydrogen-bond acceptors (Lipinski definition) is 4. The molecular weight excluding hydrogens is 274 g/mol. The Morgan fingerprint density at radius 3 is 2.95 bits per heavy atom. The van der Waals surface area contributed by atoms with Crippen LogP contribution in [0.2, 0.25) is 0 Å². The molecular formula is C18H23N3O. The molecule has 0 aliphatic rings. The summed E-state index contributed by atoms with van der Waals surface area (Å²) in [4.78, 5) is 8.39. The first-order chi connectivity index (χ1) is 10.6. The summed E-state index contributed by atoms with van der Waals surface area (Å²) in [6, 6.07) is 8.46. The average molecular weight is 297 g/mol. The number of benzene rings is 1. The molecule has 0 amide bonds. The highest BCUT2D eigenvalue weighted by atomic mass is 16.5. The molecule has 4 nitrogen and oxygen atoms in total. The van der Waals surface area contributed by atoms with Crippen LogP contribution in [-0.4, -0.2) is 22.6 Å². The minimum Gasteiger partial charge on any atom is -0.489 e. The fourth-order valence-corrected chi connectivity index (χ4v) is 2.07. The van der Waals surface area contributed by atoms with Crippen LogP contribution in [-0.2, 0) is 13.0 Å². The summed E-state index contributed by atoms with van der Waals surface area (Å²) in [6.45, 7) is 9.30. The molecule has 0 aliphatic heterocycles. The molecule has 0 spiro atoms. The largest absolute Gasteiger partial charge is 0.489 e. The zero-order chi connectivity index (χ0) is 15.8. The van der Waals surface area contributed by atoms with E-state index in [1.165, 1.54) is 5.56 Å². The van der Waals surface area contributed by atoms with Crippen LogP contribution in [0.15, 0.2) is 55.0 Å². The Morgan fingerprint density at radius 1 is 1.36 bits per heavy atom. The fraction of sp³-hybridized carbons (Fsp3) is 0.333. The lowest BCUT2D eigenvalue weighted by atomic mass is 10.1. The van der Waals surface area contributed by atoms with E-state index in [0.717, 1.165) is 30.0 Å². The molecule has 2 rings (SSSR count). The van der Waals surface area contributed by atoms with Gasteiger partial charge in [0.05, 0.1) is 5.69 Å². The van der Waals surface area contributed by atoms with Crippen LogP contribution >= 0.6 is 0 Å². The molecule has 0 saturated carbocycles. The summed E-state index contributed by atoms with van der Waals surface area (Å²) in [7, 11) is 0. The predicted molar refractivity (Wildman–Crippen MR) is 88.8 cm³/mol. The number of ether oxygens (including phenoxy) is 1. The monoisotopic (exact) mass is 297 g/mol. The lowest BCUT2D eigenvalue weighted by Gasteiger charge is -2.14. The van der Waals surface area contributed by atoms with Crippen molar-refractivity contribution in [1.82, 2.24) is 15.3 Å². The van der Waals surface area contributed by atoms with Crippen LogP contribution in [0, 0.1) is 0 Å². The number of nitrogens with one attached hydrogen (secondary N) is 1. The van der Waals surface area contributed by atoms with Crippen molar-refractivity contribution in [2.24, 2.45) is 0 Å². The van der Waals surface area contributed by atoms with Crippen molar-refractivity contribution in [3.8, 4) is 5.75 Å². The summed E-state index contributed by atoms with van der Waals surface area (Å²) in [5.41, 5.74) is 3.22. The molecule has 1 aromatic carbocycles. The maximum atomic E-state index is 5.66. The molecule has 1 heterocycles. The summed E-state index contributed by atoms with van der Waals surface area (Å²) in [5.74, 6) is 0.879. The highest BCUT2D eigenvalue weighted by Crippen LogP contribution is 2.14. The summed E-state index contributed by atoms with van der Waals surface area (Å²) in [6.07, 6.45) is 6.09. The maximum absolute atomic E-state index is 5.66. The zero-order valence-electron chi connectivity index (χ0n) is 13.2. The molecule has 1 atom stereocenters. The Labute approximate surface area is 132 Å². The van der Waals surface area contributed by atoms with E-state index in [9.17, 15) is 0 Å². The van der Waals surface area contributed by atoms with Crippen molar-refractivity contribution >= 4 is 0 Å². The molecule has 2 aromatic rings. The normalized spacial score (nSPS) is 11.9. The first-order valence-electron chi connectivity index (χ1n) is 7.48. The Balaban J connectivity index is 1.83. The van der Waals surface area contributed by atoms with Gasteiger partial charge < -0.3 is 10.1 Å². The Bertz CT molecular complexity index is 598. The standard InChI is InChI=1S/C18H23N3O/c1-14(2)13-22-18-6-4-5-16(10-18)11-21-15(3)9-17-12-19-7-8-20-17/h4-8,10,12,15,21H,1,9,11,13H2,2-3H3. The molecule has 0 aliphatic carbocycles. The van der Waals surface area contributed by atoms with Crippen molar-refractivity contribution in [1.29, 1.82) is 0 Å². The molecule has 0 bridgehead atoms. The van der Waals surface area contributed by atoms with Crippen LogP contribution in [0.3, 0.4) is 0 Å². The molecule has 0 fully saturated rings. The van der Waals surface area contributed by atoms with E-state index in [0.29, 0.717) is 12.6 Å². The van der Waals surface area contributed by atoms with Crippen molar-refractivity contribution in [3.63, 3.8) is 0 Å². The van der Waals surface area contributed by atoms with Gasteiger partial charge in [-0.1, -0.05) is 18.7 Å². The third kappa shape index (κ3) is 5.66. The van der Waals surface area contributed by atoms with Crippen LogP contribution in [0.25, 0.3) is 0 Å². The topological polar surface area (TPSA) is 47.0 Å². The van der Waals surface area contributed by atoms with E-state index < -0.39 is 0 Å². The predicted octanol–water partition coefficient (Wildman–Crippen LogP) is 3.15. The summed E-state index contributed by atoms with van der Waals surface area (Å²) in [5, 5.41) is 3.50. The number of hydrogen-bond donors (Lipinski definition) is 1. The molecule has 1 unspecified atom stereocenters. The minimum atomic E-state index is 0.330. The van der Waals surface area contributed by atoms with Crippen LogP contribution in [0.1, 0.15) is 25.1 Å². The second-order valence-corrected chi connectivity index (χ2v) is 5.58. The lowest BCUT2D eigenvalue weighted by molar-refractivity contribution is 0.352. The van der Waals surface area contributed by atoms with E-state index in [4.69, 9.17) is 4.74 Å². The van der Waals surface area contributed by atoms with E-state index in [-0.39, 0.29) is 0 Å². The van der Waals surface area contributed by atoms with Gasteiger partial charge in [-0.25, -0.2) is 0 Å². The zero-order valence-corrected chi connectivity index (χ0v) is 13.2. The van der Waals surface area contributed by atoms with E-state index in [1.807, 2.05) is 25.3 Å². The van der Waals surface area contributed by atoms with Crippen molar-refractivity contribution in [2.45, 2.75) is 32.9 Å². The third-order valence-corrected chi connectivity index (χ3v) is 3.17. The molecule has 1 N–H and O–H groups in total. The van der Waals surface area contributed by atoms with Crippen LogP contribution in [0.5, 0.6) is 5.75 Å². The van der Waals surface area contributed by atoms with Gasteiger partial charge in [-0.3, -0.25) is 9.97 Å². The first-order valence-corrected chi connectivity index (χ1v) is 7.48.